The molecular weight excluding hydrogens is 342 g/mol. The van der Waals surface area contributed by atoms with Crippen molar-refractivity contribution in [3.63, 3.8) is 0 Å². The number of benzene rings is 1. The molecule has 0 saturated carbocycles. The number of hydrogen-bond acceptors (Lipinski definition) is 6. The molecule has 0 aliphatic heterocycles. The van der Waals surface area contributed by atoms with Gasteiger partial charge in [0.1, 0.15) is 5.75 Å². The summed E-state index contributed by atoms with van der Waals surface area (Å²) in [6.45, 7) is 5.96. The third kappa shape index (κ3) is 3.80. The summed E-state index contributed by atoms with van der Waals surface area (Å²) in [7, 11) is 0. The highest BCUT2D eigenvalue weighted by atomic mass is 32.1. The molecule has 0 aliphatic carbocycles. The average Bonchev–Trinajstić information content (AvgIpc) is 3.18. The maximum atomic E-state index is 12.0. The lowest BCUT2D eigenvalue weighted by Gasteiger charge is -2.10. The number of carbonyl (C=O) groups excluding carboxylic acids is 1. The first-order valence-electron chi connectivity index (χ1n) is 7.42. The van der Waals surface area contributed by atoms with Crippen LogP contribution in [-0.2, 0) is 4.79 Å². The van der Waals surface area contributed by atoms with Gasteiger partial charge in [-0.25, -0.2) is 0 Å². The van der Waals surface area contributed by atoms with Crippen molar-refractivity contribution in [1.82, 2.24) is 9.36 Å². The Hall–Kier alpha value is -2.25. The van der Waals surface area contributed by atoms with Crippen LogP contribution in [0.4, 0.5) is 5.13 Å². The second kappa shape index (κ2) is 7.11. The van der Waals surface area contributed by atoms with Gasteiger partial charge in [0.05, 0.1) is 4.88 Å². The zero-order valence-corrected chi connectivity index (χ0v) is 15.3. The van der Waals surface area contributed by atoms with Crippen LogP contribution in [0.1, 0.15) is 16.0 Å². The van der Waals surface area contributed by atoms with E-state index in [-0.39, 0.29) is 12.5 Å². The van der Waals surface area contributed by atoms with E-state index in [1.165, 1.54) is 16.4 Å². The van der Waals surface area contributed by atoms with Crippen LogP contribution in [-0.4, -0.2) is 21.9 Å². The maximum absolute atomic E-state index is 12.0. The number of thiophene rings is 1. The van der Waals surface area contributed by atoms with Crippen molar-refractivity contribution in [3.05, 3.63) is 46.3 Å². The minimum Gasteiger partial charge on any atom is -0.483 e. The third-order valence-corrected chi connectivity index (χ3v) is 5.17. The number of aryl methyl sites for hydroxylation is 2. The Morgan fingerprint density at radius 2 is 2.04 bits per heavy atom. The van der Waals surface area contributed by atoms with Crippen LogP contribution < -0.4 is 10.1 Å². The summed E-state index contributed by atoms with van der Waals surface area (Å²) in [5.41, 5.74) is 2.17. The molecule has 2 aromatic heterocycles. The molecule has 1 N–H and O–H groups in total. The van der Waals surface area contributed by atoms with Gasteiger partial charge in [0, 0.05) is 16.4 Å². The number of nitrogens with one attached hydrogen (secondary N) is 1. The van der Waals surface area contributed by atoms with Crippen LogP contribution in [0.3, 0.4) is 0 Å². The van der Waals surface area contributed by atoms with Gasteiger partial charge in [-0.05, 0) is 50.1 Å². The number of carbonyl (C=O) groups is 1. The molecule has 3 aromatic rings. The van der Waals surface area contributed by atoms with E-state index in [1.54, 1.807) is 11.3 Å². The summed E-state index contributed by atoms with van der Waals surface area (Å²) in [5, 5.41) is 3.21. The van der Waals surface area contributed by atoms with E-state index >= 15 is 0 Å². The lowest BCUT2D eigenvalue weighted by Crippen LogP contribution is -2.20. The van der Waals surface area contributed by atoms with Crippen LogP contribution in [0.2, 0.25) is 0 Å². The molecule has 0 bridgehead atoms. The predicted molar refractivity (Wildman–Crippen MR) is 98.0 cm³/mol. The molecule has 124 valence electrons. The van der Waals surface area contributed by atoms with Crippen LogP contribution in [0.25, 0.3) is 10.7 Å². The molecule has 24 heavy (non-hydrogen) atoms. The van der Waals surface area contributed by atoms with Crippen molar-refractivity contribution in [2.24, 2.45) is 0 Å². The van der Waals surface area contributed by atoms with Crippen molar-refractivity contribution in [2.75, 3.05) is 11.9 Å². The van der Waals surface area contributed by atoms with Crippen molar-refractivity contribution >= 4 is 33.9 Å². The maximum Gasteiger partial charge on any atom is 0.264 e. The molecule has 5 nitrogen and oxygen atoms in total. The summed E-state index contributed by atoms with van der Waals surface area (Å²) in [6.07, 6.45) is 0. The van der Waals surface area contributed by atoms with Crippen LogP contribution in [0, 0.1) is 20.8 Å². The molecule has 0 unspecified atom stereocenters. The Balaban J connectivity index is 1.59. The summed E-state index contributed by atoms with van der Waals surface area (Å²) in [4.78, 5) is 18.6. The number of aromatic nitrogens is 2. The average molecular weight is 359 g/mol. The van der Waals surface area contributed by atoms with Crippen molar-refractivity contribution in [1.29, 1.82) is 0 Å². The molecule has 0 fully saturated rings. The van der Waals surface area contributed by atoms with Crippen LogP contribution >= 0.6 is 22.9 Å². The summed E-state index contributed by atoms with van der Waals surface area (Å²) in [5.74, 6) is 1.11. The Bertz CT molecular complexity index is 870. The fourth-order valence-corrected chi connectivity index (χ4v) is 3.57. The Labute approximate surface area is 148 Å². The molecule has 0 spiro atoms. The zero-order chi connectivity index (χ0) is 17.1. The van der Waals surface area contributed by atoms with E-state index in [9.17, 15) is 4.79 Å². The standard InChI is InChI=1S/C17H17N3O2S2/c1-10-5-4-6-13(12(10)3)22-9-15(21)18-17-19-16(20-24-17)14-8-7-11(2)23-14/h4-8H,9H2,1-3H3,(H,18,19,20,21). The second-order valence-corrected chi connectivity index (χ2v) is 7.41. The van der Waals surface area contributed by atoms with Gasteiger partial charge < -0.3 is 4.74 Å². The molecule has 3 rings (SSSR count). The fraction of sp³-hybridized carbons (Fsp3) is 0.235. The Morgan fingerprint density at radius 3 is 2.79 bits per heavy atom. The highest BCUT2D eigenvalue weighted by Gasteiger charge is 2.12. The van der Waals surface area contributed by atoms with Gasteiger partial charge in [0.15, 0.2) is 12.4 Å². The van der Waals surface area contributed by atoms with Gasteiger partial charge in [-0.1, -0.05) is 12.1 Å². The molecule has 0 radical (unpaired) electrons. The monoisotopic (exact) mass is 359 g/mol. The third-order valence-electron chi connectivity index (χ3n) is 3.55. The van der Waals surface area contributed by atoms with Gasteiger partial charge in [0.25, 0.3) is 5.91 Å². The van der Waals surface area contributed by atoms with Crippen LogP contribution in [0.5, 0.6) is 5.75 Å². The van der Waals surface area contributed by atoms with Gasteiger partial charge in [0.2, 0.25) is 5.13 Å². The fourth-order valence-electron chi connectivity index (χ4n) is 2.11. The molecule has 0 saturated heterocycles. The van der Waals surface area contributed by atoms with Gasteiger partial charge in [-0.3, -0.25) is 10.1 Å². The Morgan fingerprint density at radius 1 is 1.21 bits per heavy atom. The van der Waals surface area contributed by atoms with Crippen molar-refractivity contribution in [2.45, 2.75) is 20.8 Å². The molecule has 1 aromatic carbocycles. The molecule has 1 amide bonds. The highest BCUT2D eigenvalue weighted by molar-refractivity contribution is 7.15. The van der Waals surface area contributed by atoms with E-state index in [2.05, 4.69) is 14.7 Å². The van der Waals surface area contributed by atoms with Crippen molar-refractivity contribution in [3.8, 4) is 16.5 Å². The van der Waals surface area contributed by atoms with E-state index < -0.39 is 0 Å². The minimum absolute atomic E-state index is 0.0582. The SMILES string of the molecule is Cc1ccc(-c2nsc(NC(=O)COc3cccc(C)c3C)n2)s1. The lowest BCUT2D eigenvalue weighted by molar-refractivity contribution is -0.118. The van der Waals surface area contributed by atoms with Gasteiger partial charge >= 0.3 is 0 Å². The zero-order valence-electron chi connectivity index (χ0n) is 13.6. The first-order valence-corrected chi connectivity index (χ1v) is 9.01. The number of anilines is 1. The molecule has 2 heterocycles. The number of rotatable bonds is 5. The number of nitrogens with zero attached hydrogens (tertiary/aromatic N) is 2. The summed E-state index contributed by atoms with van der Waals surface area (Å²) in [6, 6.07) is 9.79. The van der Waals surface area contributed by atoms with Gasteiger partial charge in [-0.2, -0.15) is 9.36 Å². The normalized spacial score (nSPS) is 10.6. The quantitative estimate of drug-likeness (QED) is 0.741. The lowest BCUT2D eigenvalue weighted by atomic mass is 10.1. The molecule has 7 heteroatoms. The van der Waals surface area contributed by atoms with E-state index in [0.29, 0.717) is 11.0 Å². The summed E-state index contributed by atoms with van der Waals surface area (Å²) >= 11 is 2.80. The molecule has 0 atom stereocenters. The van der Waals surface area contributed by atoms with E-state index in [0.717, 1.165) is 21.8 Å². The highest BCUT2D eigenvalue weighted by Crippen LogP contribution is 2.27. The molecule has 0 aliphatic rings. The van der Waals surface area contributed by atoms with E-state index in [4.69, 9.17) is 4.74 Å². The van der Waals surface area contributed by atoms with Crippen molar-refractivity contribution < 1.29 is 9.53 Å². The predicted octanol–water partition coefficient (Wildman–Crippen LogP) is 4.21. The second-order valence-electron chi connectivity index (χ2n) is 5.37. The smallest absolute Gasteiger partial charge is 0.264 e. The first-order chi connectivity index (χ1) is 11.5. The largest absolute Gasteiger partial charge is 0.483 e. The van der Waals surface area contributed by atoms with Gasteiger partial charge in [-0.15, -0.1) is 11.3 Å². The topological polar surface area (TPSA) is 64.1 Å². The first kappa shape index (κ1) is 16.6. The number of hydrogen-bond donors (Lipinski definition) is 1. The summed E-state index contributed by atoms with van der Waals surface area (Å²) < 4.78 is 9.88. The van der Waals surface area contributed by atoms with E-state index in [1.807, 2.05) is 51.1 Å². The number of ether oxygens (including phenoxy) is 1. The minimum atomic E-state index is -0.249. The molecular formula is C17H17N3O2S2. The number of amides is 1. The Kier molecular flexibility index (Phi) is 4.92. The van der Waals surface area contributed by atoms with Crippen LogP contribution in [0.15, 0.2) is 30.3 Å².